The Kier molecular flexibility index (Phi) is 4.99. The summed E-state index contributed by atoms with van der Waals surface area (Å²) in [5, 5.41) is 7.60. The van der Waals surface area contributed by atoms with Gasteiger partial charge < -0.3 is 14.4 Å². The number of amides is 1. The van der Waals surface area contributed by atoms with E-state index in [2.05, 4.69) is 10.2 Å². The van der Waals surface area contributed by atoms with Crippen LogP contribution in [0.4, 0.5) is 0 Å². The zero-order chi connectivity index (χ0) is 17.1. The minimum absolute atomic E-state index is 0.0392. The third-order valence-electron chi connectivity index (χ3n) is 6.07. The molecule has 0 radical (unpaired) electrons. The first-order valence-electron chi connectivity index (χ1n) is 9.52. The van der Waals surface area contributed by atoms with Gasteiger partial charge in [0.15, 0.2) is 0 Å². The number of carbonyl (C=O) groups excluding carboxylic acids is 1. The number of likely N-dealkylation sites (tertiary alicyclic amines) is 1. The highest BCUT2D eigenvalue weighted by Gasteiger charge is 2.47. The number of piperidine rings is 1. The molecule has 0 aromatic carbocycles. The SMILES string of the molecule is O=C(c1ccnnc1)N1CC[C@H]2OCCC[C@]2(COCC2CCC2)C1. The van der Waals surface area contributed by atoms with Crippen molar-refractivity contribution >= 4 is 5.91 Å². The van der Waals surface area contributed by atoms with Gasteiger partial charge in [0.1, 0.15) is 0 Å². The van der Waals surface area contributed by atoms with Crippen LogP contribution in [0.15, 0.2) is 18.5 Å². The molecule has 0 N–H and O–H groups in total. The highest BCUT2D eigenvalue weighted by Crippen LogP contribution is 2.41. The predicted octanol–water partition coefficient (Wildman–Crippen LogP) is 2.30. The van der Waals surface area contributed by atoms with Gasteiger partial charge in [-0.05, 0) is 44.1 Å². The van der Waals surface area contributed by atoms with E-state index in [9.17, 15) is 4.79 Å². The van der Waals surface area contributed by atoms with Gasteiger partial charge in [0.2, 0.25) is 0 Å². The summed E-state index contributed by atoms with van der Waals surface area (Å²) < 4.78 is 12.2. The number of fused-ring (bicyclic) bond motifs is 1. The Hall–Kier alpha value is -1.53. The molecule has 3 heterocycles. The molecule has 1 aromatic heterocycles. The zero-order valence-electron chi connectivity index (χ0n) is 14.7. The quantitative estimate of drug-likeness (QED) is 0.819. The second-order valence-electron chi connectivity index (χ2n) is 7.78. The van der Waals surface area contributed by atoms with Crippen LogP contribution < -0.4 is 0 Å². The molecule has 1 aliphatic carbocycles. The molecule has 1 aromatic rings. The third-order valence-corrected chi connectivity index (χ3v) is 6.07. The van der Waals surface area contributed by atoms with E-state index in [1.807, 2.05) is 4.90 Å². The van der Waals surface area contributed by atoms with Crippen molar-refractivity contribution in [1.82, 2.24) is 15.1 Å². The molecule has 0 spiro atoms. The zero-order valence-corrected chi connectivity index (χ0v) is 14.7. The second-order valence-corrected chi connectivity index (χ2v) is 7.78. The number of hydrogen-bond donors (Lipinski definition) is 0. The van der Waals surface area contributed by atoms with E-state index in [4.69, 9.17) is 9.47 Å². The maximum Gasteiger partial charge on any atom is 0.255 e. The predicted molar refractivity (Wildman–Crippen MR) is 92.1 cm³/mol. The Balaban J connectivity index is 1.44. The van der Waals surface area contributed by atoms with E-state index in [1.165, 1.54) is 19.3 Å². The van der Waals surface area contributed by atoms with Crippen molar-refractivity contribution in [3.05, 3.63) is 24.0 Å². The summed E-state index contributed by atoms with van der Waals surface area (Å²) in [6.07, 6.45) is 10.3. The summed E-state index contributed by atoms with van der Waals surface area (Å²) in [5.41, 5.74) is 0.548. The molecule has 25 heavy (non-hydrogen) atoms. The van der Waals surface area contributed by atoms with Crippen molar-refractivity contribution in [1.29, 1.82) is 0 Å². The van der Waals surface area contributed by atoms with E-state index in [0.717, 1.165) is 44.9 Å². The molecule has 136 valence electrons. The summed E-state index contributed by atoms with van der Waals surface area (Å²) in [4.78, 5) is 14.8. The summed E-state index contributed by atoms with van der Waals surface area (Å²) >= 11 is 0. The van der Waals surface area contributed by atoms with Crippen molar-refractivity contribution in [2.75, 3.05) is 32.9 Å². The summed E-state index contributed by atoms with van der Waals surface area (Å²) in [5.74, 6) is 0.779. The molecular formula is C19H27N3O3. The monoisotopic (exact) mass is 345 g/mol. The number of carbonyl (C=O) groups is 1. The normalized spacial score (nSPS) is 29.8. The van der Waals surface area contributed by atoms with Gasteiger partial charge in [-0.25, -0.2) is 0 Å². The Labute approximate surface area is 148 Å². The lowest BCUT2D eigenvalue weighted by Gasteiger charge is -2.50. The Morgan fingerprint density at radius 1 is 1.32 bits per heavy atom. The number of hydrogen-bond acceptors (Lipinski definition) is 5. The van der Waals surface area contributed by atoms with Crippen molar-refractivity contribution in [3.8, 4) is 0 Å². The van der Waals surface area contributed by atoms with Crippen LogP contribution in [0.3, 0.4) is 0 Å². The van der Waals surface area contributed by atoms with E-state index in [1.54, 1.807) is 18.5 Å². The van der Waals surface area contributed by atoms with Gasteiger partial charge in [0, 0.05) is 31.7 Å². The van der Waals surface area contributed by atoms with Crippen LogP contribution in [0.25, 0.3) is 0 Å². The van der Waals surface area contributed by atoms with Crippen LogP contribution in [0.5, 0.6) is 0 Å². The highest BCUT2D eigenvalue weighted by atomic mass is 16.5. The summed E-state index contributed by atoms with van der Waals surface area (Å²) in [6.45, 7) is 3.83. The Morgan fingerprint density at radius 2 is 2.24 bits per heavy atom. The largest absolute Gasteiger partial charge is 0.380 e. The van der Waals surface area contributed by atoms with Crippen molar-refractivity contribution in [3.63, 3.8) is 0 Å². The number of rotatable bonds is 5. The lowest BCUT2D eigenvalue weighted by atomic mass is 9.73. The molecule has 2 atom stereocenters. The molecule has 6 nitrogen and oxygen atoms in total. The number of nitrogens with zero attached hydrogens (tertiary/aromatic N) is 3. The first-order chi connectivity index (χ1) is 12.3. The molecular weight excluding hydrogens is 318 g/mol. The van der Waals surface area contributed by atoms with E-state index in [0.29, 0.717) is 18.7 Å². The van der Waals surface area contributed by atoms with Crippen LogP contribution in [0.1, 0.15) is 48.9 Å². The molecule has 2 aliphatic heterocycles. The average molecular weight is 345 g/mol. The Morgan fingerprint density at radius 3 is 3.00 bits per heavy atom. The fourth-order valence-corrected chi connectivity index (χ4v) is 4.36. The van der Waals surface area contributed by atoms with E-state index < -0.39 is 0 Å². The van der Waals surface area contributed by atoms with E-state index in [-0.39, 0.29) is 17.4 Å². The van der Waals surface area contributed by atoms with Gasteiger partial charge >= 0.3 is 0 Å². The van der Waals surface area contributed by atoms with Crippen molar-refractivity contribution < 1.29 is 14.3 Å². The van der Waals surface area contributed by atoms with Crippen LogP contribution >= 0.6 is 0 Å². The van der Waals surface area contributed by atoms with Crippen LogP contribution in [-0.2, 0) is 9.47 Å². The minimum Gasteiger partial charge on any atom is -0.380 e. The average Bonchev–Trinajstić information content (AvgIpc) is 2.63. The van der Waals surface area contributed by atoms with Gasteiger partial charge in [-0.15, -0.1) is 0 Å². The number of aromatic nitrogens is 2. The van der Waals surface area contributed by atoms with Crippen molar-refractivity contribution in [2.45, 2.75) is 44.6 Å². The lowest BCUT2D eigenvalue weighted by Crippen LogP contribution is -2.58. The topological polar surface area (TPSA) is 64.6 Å². The molecule has 1 saturated carbocycles. The van der Waals surface area contributed by atoms with Crippen molar-refractivity contribution in [2.24, 2.45) is 11.3 Å². The molecule has 2 saturated heterocycles. The maximum atomic E-state index is 12.8. The van der Waals surface area contributed by atoms with Gasteiger partial charge in [-0.3, -0.25) is 4.79 Å². The highest BCUT2D eigenvalue weighted by molar-refractivity contribution is 5.93. The summed E-state index contributed by atoms with van der Waals surface area (Å²) in [6, 6.07) is 1.73. The van der Waals surface area contributed by atoms with Gasteiger partial charge in [0.05, 0.1) is 30.7 Å². The van der Waals surface area contributed by atoms with Gasteiger partial charge in [-0.1, -0.05) is 6.42 Å². The minimum atomic E-state index is -0.0592. The van der Waals surface area contributed by atoms with Crippen LogP contribution in [0, 0.1) is 11.3 Å². The first kappa shape index (κ1) is 16.9. The van der Waals surface area contributed by atoms with Gasteiger partial charge in [0.25, 0.3) is 5.91 Å². The number of ether oxygens (including phenoxy) is 2. The fraction of sp³-hybridized carbons (Fsp3) is 0.737. The van der Waals surface area contributed by atoms with Crippen LogP contribution in [-0.4, -0.2) is 60.0 Å². The Bertz CT molecular complexity index is 593. The smallest absolute Gasteiger partial charge is 0.255 e. The fourth-order valence-electron chi connectivity index (χ4n) is 4.36. The molecule has 3 fully saturated rings. The molecule has 6 heteroatoms. The summed E-state index contributed by atoms with van der Waals surface area (Å²) in [7, 11) is 0. The first-order valence-corrected chi connectivity index (χ1v) is 9.52. The molecule has 0 bridgehead atoms. The molecule has 1 amide bonds. The maximum absolute atomic E-state index is 12.8. The van der Waals surface area contributed by atoms with E-state index >= 15 is 0 Å². The lowest BCUT2D eigenvalue weighted by molar-refractivity contribution is -0.150. The third kappa shape index (κ3) is 3.55. The standard InChI is InChI=1S/C19H27N3O3/c23-18(16-5-8-20-21-11-16)22-9-6-17-19(13-22,7-2-10-25-17)14-24-12-15-3-1-4-15/h5,8,11,15,17H,1-4,6-7,9-10,12-14H2/t17-,19-/m1/s1. The molecule has 0 unspecified atom stereocenters. The second kappa shape index (κ2) is 7.38. The van der Waals surface area contributed by atoms with Gasteiger partial charge in [-0.2, -0.15) is 10.2 Å². The molecule has 4 rings (SSSR count). The van der Waals surface area contributed by atoms with Crippen LogP contribution in [0.2, 0.25) is 0 Å². The molecule has 3 aliphatic rings.